The first kappa shape index (κ1) is 15.5. The van der Waals surface area contributed by atoms with Crippen molar-refractivity contribution in [1.29, 1.82) is 0 Å². The lowest BCUT2D eigenvalue weighted by atomic mass is 9.90. The van der Waals surface area contributed by atoms with Crippen LogP contribution in [0.5, 0.6) is 0 Å². The number of hydrogen-bond acceptors (Lipinski definition) is 4. The average molecular weight is 344 g/mol. The highest BCUT2D eigenvalue weighted by molar-refractivity contribution is 9.10. The minimum atomic E-state index is -0.0816. The van der Waals surface area contributed by atoms with Gasteiger partial charge in [-0.25, -0.2) is 4.68 Å². The number of nitrogens with zero attached hydrogens (tertiary/aromatic N) is 2. The number of aliphatic hydroxyl groups is 1. The van der Waals surface area contributed by atoms with E-state index in [1.807, 2.05) is 0 Å². The third-order valence-electron chi connectivity index (χ3n) is 3.66. The largest absolute Gasteiger partial charge is 0.396 e. The zero-order chi connectivity index (χ0) is 14.8. The standard InChI is InChI=1S/C14H22BrN3O2/c1-14(2,5-6-19)9-16-11-7-17-18(8-10-3-4-10)13(20)12(11)15/h7,10,16,19H,3-6,8-9H2,1-2H3. The molecule has 1 aromatic rings. The molecule has 0 aromatic carbocycles. The topological polar surface area (TPSA) is 67.2 Å². The summed E-state index contributed by atoms with van der Waals surface area (Å²) in [6.07, 6.45) is 4.80. The molecule has 2 N–H and O–H groups in total. The summed E-state index contributed by atoms with van der Waals surface area (Å²) in [7, 11) is 0. The van der Waals surface area contributed by atoms with Gasteiger partial charge in [0.05, 0.1) is 11.9 Å². The van der Waals surface area contributed by atoms with Crippen LogP contribution in [0.4, 0.5) is 5.69 Å². The molecule has 0 amide bonds. The van der Waals surface area contributed by atoms with Gasteiger partial charge in [0.1, 0.15) is 4.47 Å². The normalized spacial score (nSPS) is 15.4. The third-order valence-corrected chi connectivity index (χ3v) is 4.43. The Labute approximate surface area is 127 Å². The van der Waals surface area contributed by atoms with Gasteiger partial charge < -0.3 is 10.4 Å². The lowest BCUT2D eigenvalue weighted by molar-refractivity contribution is 0.220. The number of anilines is 1. The average Bonchev–Trinajstić information content (AvgIpc) is 3.18. The number of rotatable bonds is 7. The second-order valence-electron chi connectivity index (χ2n) is 6.29. The van der Waals surface area contributed by atoms with E-state index in [2.05, 4.69) is 40.2 Å². The van der Waals surface area contributed by atoms with E-state index in [-0.39, 0.29) is 17.6 Å². The Hall–Kier alpha value is -0.880. The summed E-state index contributed by atoms with van der Waals surface area (Å²) in [4.78, 5) is 12.2. The summed E-state index contributed by atoms with van der Waals surface area (Å²) < 4.78 is 2.07. The molecule has 112 valence electrons. The van der Waals surface area contributed by atoms with E-state index in [0.29, 0.717) is 35.6 Å². The van der Waals surface area contributed by atoms with Gasteiger partial charge in [-0.3, -0.25) is 4.79 Å². The molecule has 1 fully saturated rings. The van der Waals surface area contributed by atoms with Gasteiger partial charge in [-0.1, -0.05) is 13.8 Å². The molecule has 1 aliphatic carbocycles. The molecule has 0 radical (unpaired) electrons. The SMILES string of the molecule is CC(C)(CCO)CNc1cnn(CC2CC2)c(=O)c1Br. The molecule has 0 unspecified atom stereocenters. The molecule has 1 aliphatic rings. The highest BCUT2D eigenvalue weighted by atomic mass is 79.9. The third kappa shape index (κ3) is 4.06. The van der Waals surface area contributed by atoms with E-state index in [9.17, 15) is 4.79 Å². The summed E-state index contributed by atoms with van der Waals surface area (Å²) in [5.74, 6) is 0.620. The molecule has 2 rings (SSSR count). The van der Waals surface area contributed by atoms with Crippen molar-refractivity contribution >= 4 is 21.6 Å². The quantitative estimate of drug-likeness (QED) is 0.796. The van der Waals surface area contributed by atoms with Crippen LogP contribution in [0.3, 0.4) is 0 Å². The molecule has 5 nitrogen and oxygen atoms in total. The number of nitrogens with one attached hydrogen (secondary N) is 1. The van der Waals surface area contributed by atoms with Gasteiger partial charge >= 0.3 is 0 Å². The Morgan fingerprint density at radius 1 is 1.55 bits per heavy atom. The predicted molar refractivity (Wildman–Crippen MR) is 82.9 cm³/mol. The summed E-state index contributed by atoms with van der Waals surface area (Å²) in [5.41, 5.74) is 0.604. The Bertz CT molecular complexity index is 524. The van der Waals surface area contributed by atoms with E-state index in [4.69, 9.17) is 5.11 Å². The fraction of sp³-hybridized carbons (Fsp3) is 0.714. The van der Waals surface area contributed by atoms with Crippen LogP contribution in [0.15, 0.2) is 15.5 Å². The van der Waals surface area contributed by atoms with Crippen LogP contribution in [0.25, 0.3) is 0 Å². The first-order valence-electron chi connectivity index (χ1n) is 7.03. The number of aliphatic hydroxyl groups excluding tert-OH is 1. The molecule has 6 heteroatoms. The summed E-state index contributed by atoms with van der Waals surface area (Å²) >= 11 is 3.36. The predicted octanol–water partition coefficient (Wildman–Crippen LogP) is 2.24. The first-order valence-corrected chi connectivity index (χ1v) is 7.82. The van der Waals surface area contributed by atoms with E-state index in [0.717, 1.165) is 0 Å². The van der Waals surface area contributed by atoms with Crippen molar-refractivity contribution in [3.63, 3.8) is 0 Å². The highest BCUT2D eigenvalue weighted by Gasteiger charge is 2.23. The molecule has 0 atom stereocenters. The van der Waals surface area contributed by atoms with E-state index < -0.39 is 0 Å². The van der Waals surface area contributed by atoms with Gasteiger partial charge in [0.2, 0.25) is 0 Å². The molecule has 1 aromatic heterocycles. The molecule has 20 heavy (non-hydrogen) atoms. The Morgan fingerprint density at radius 3 is 2.85 bits per heavy atom. The number of hydrogen-bond donors (Lipinski definition) is 2. The molecule has 0 spiro atoms. The Morgan fingerprint density at radius 2 is 2.25 bits per heavy atom. The van der Waals surface area contributed by atoms with Gasteiger partial charge in [0.15, 0.2) is 0 Å². The summed E-state index contributed by atoms with van der Waals surface area (Å²) in [6, 6.07) is 0. The minimum Gasteiger partial charge on any atom is -0.396 e. The maximum atomic E-state index is 12.2. The first-order chi connectivity index (χ1) is 9.43. The second kappa shape index (κ2) is 6.26. The van der Waals surface area contributed by atoms with Crippen LogP contribution >= 0.6 is 15.9 Å². The zero-order valence-corrected chi connectivity index (χ0v) is 13.6. The van der Waals surface area contributed by atoms with Crippen LogP contribution in [0, 0.1) is 11.3 Å². The maximum absolute atomic E-state index is 12.2. The van der Waals surface area contributed by atoms with Crippen molar-refractivity contribution < 1.29 is 5.11 Å². The maximum Gasteiger partial charge on any atom is 0.283 e. The summed E-state index contributed by atoms with van der Waals surface area (Å²) in [6.45, 7) is 5.71. The van der Waals surface area contributed by atoms with Gasteiger partial charge in [0.25, 0.3) is 5.56 Å². The molecule has 0 bridgehead atoms. The molecule has 0 aliphatic heterocycles. The van der Waals surface area contributed by atoms with Crippen molar-refractivity contribution in [2.45, 2.75) is 39.7 Å². The Balaban J connectivity index is 2.05. The van der Waals surface area contributed by atoms with Crippen LogP contribution in [-0.2, 0) is 6.54 Å². The van der Waals surface area contributed by atoms with Gasteiger partial charge in [-0.05, 0) is 46.5 Å². The van der Waals surface area contributed by atoms with Crippen molar-refractivity contribution in [3.8, 4) is 0 Å². The van der Waals surface area contributed by atoms with Crippen molar-refractivity contribution in [2.75, 3.05) is 18.5 Å². The van der Waals surface area contributed by atoms with Crippen molar-refractivity contribution in [1.82, 2.24) is 9.78 Å². The number of aromatic nitrogens is 2. The highest BCUT2D eigenvalue weighted by Crippen LogP contribution is 2.30. The molecular formula is C14H22BrN3O2. The van der Waals surface area contributed by atoms with Gasteiger partial charge in [-0.15, -0.1) is 0 Å². The van der Waals surface area contributed by atoms with Gasteiger partial charge in [0, 0.05) is 19.7 Å². The molecular weight excluding hydrogens is 322 g/mol. The van der Waals surface area contributed by atoms with E-state index in [1.165, 1.54) is 17.5 Å². The second-order valence-corrected chi connectivity index (χ2v) is 7.09. The van der Waals surface area contributed by atoms with Crippen LogP contribution < -0.4 is 10.9 Å². The fourth-order valence-corrected chi connectivity index (χ4v) is 2.44. The lowest BCUT2D eigenvalue weighted by Crippen LogP contribution is -2.28. The van der Waals surface area contributed by atoms with Crippen LogP contribution in [0.1, 0.15) is 33.1 Å². The lowest BCUT2D eigenvalue weighted by Gasteiger charge is -2.24. The van der Waals surface area contributed by atoms with E-state index in [1.54, 1.807) is 6.20 Å². The molecule has 1 saturated carbocycles. The number of halogens is 1. The van der Waals surface area contributed by atoms with E-state index >= 15 is 0 Å². The van der Waals surface area contributed by atoms with Crippen LogP contribution in [-0.4, -0.2) is 28.0 Å². The molecule has 0 saturated heterocycles. The summed E-state index contributed by atoms with van der Waals surface area (Å²) in [5, 5.41) is 16.5. The minimum absolute atomic E-state index is 0.0307. The fourth-order valence-electron chi connectivity index (χ4n) is 1.99. The van der Waals surface area contributed by atoms with Gasteiger partial charge in [-0.2, -0.15) is 5.10 Å². The van der Waals surface area contributed by atoms with Crippen molar-refractivity contribution in [2.24, 2.45) is 11.3 Å². The van der Waals surface area contributed by atoms with Crippen molar-refractivity contribution in [3.05, 3.63) is 21.0 Å². The Kier molecular flexibility index (Phi) is 4.86. The smallest absolute Gasteiger partial charge is 0.283 e. The van der Waals surface area contributed by atoms with Crippen LogP contribution in [0.2, 0.25) is 0 Å². The zero-order valence-electron chi connectivity index (χ0n) is 12.0. The monoisotopic (exact) mass is 343 g/mol. The molecule has 1 heterocycles.